The topological polar surface area (TPSA) is 46.6 Å². The second kappa shape index (κ2) is 9.18. The van der Waals surface area contributed by atoms with Crippen molar-refractivity contribution in [2.24, 2.45) is 0 Å². The van der Waals surface area contributed by atoms with Crippen molar-refractivity contribution < 1.29 is 18.7 Å². The van der Waals surface area contributed by atoms with Crippen molar-refractivity contribution >= 4 is 29.1 Å². The molecule has 1 aliphatic rings. The fraction of sp³-hybridized carbons (Fsp3) is 0.120. The predicted molar refractivity (Wildman–Crippen MR) is 119 cm³/mol. The molecular formula is C25H20FNO3S. The molecule has 6 heteroatoms. The summed E-state index contributed by atoms with van der Waals surface area (Å²) in [6.07, 6.45) is 0. The van der Waals surface area contributed by atoms with E-state index >= 15 is 0 Å². The number of benzene rings is 3. The summed E-state index contributed by atoms with van der Waals surface area (Å²) in [5.74, 6) is -0.624. The van der Waals surface area contributed by atoms with E-state index in [1.807, 2.05) is 37.3 Å². The van der Waals surface area contributed by atoms with Crippen molar-refractivity contribution in [1.82, 2.24) is 4.90 Å². The third-order valence-electron chi connectivity index (χ3n) is 4.83. The standard InChI is InChI=1S/C25H20FNO3S/c1-2-30-19-14-12-17(13-15-19)22-23(31-20-9-4-3-5-10-20)25(29)27(24(22)28)16-18-8-6-7-11-21(18)26/h3-15H,2,16H2,1H3. The molecule has 1 aliphatic heterocycles. The van der Waals surface area contributed by atoms with Crippen LogP contribution in [0, 0.1) is 5.82 Å². The summed E-state index contributed by atoms with van der Waals surface area (Å²) in [5.41, 5.74) is 1.23. The van der Waals surface area contributed by atoms with Gasteiger partial charge in [0.2, 0.25) is 0 Å². The quantitative estimate of drug-likeness (QED) is 0.475. The van der Waals surface area contributed by atoms with Gasteiger partial charge in [0.15, 0.2) is 0 Å². The van der Waals surface area contributed by atoms with Gasteiger partial charge in [-0.1, -0.05) is 60.3 Å². The molecule has 0 saturated heterocycles. The first-order chi connectivity index (χ1) is 15.1. The number of carbonyl (C=O) groups is 2. The summed E-state index contributed by atoms with van der Waals surface area (Å²) >= 11 is 1.24. The molecule has 0 bridgehead atoms. The molecule has 0 radical (unpaired) electrons. The average molecular weight is 434 g/mol. The zero-order valence-electron chi connectivity index (χ0n) is 16.9. The highest BCUT2D eigenvalue weighted by molar-refractivity contribution is 8.04. The summed E-state index contributed by atoms with van der Waals surface area (Å²) < 4.78 is 19.7. The largest absolute Gasteiger partial charge is 0.494 e. The van der Waals surface area contributed by atoms with Crippen LogP contribution in [0.25, 0.3) is 5.57 Å². The number of amides is 2. The van der Waals surface area contributed by atoms with Gasteiger partial charge in [0.05, 0.1) is 23.6 Å². The Morgan fingerprint density at radius 3 is 2.23 bits per heavy atom. The molecule has 2 amide bonds. The van der Waals surface area contributed by atoms with Crippen molar-refractivity contribution in [2.75, 3.05) is 6.61 Å². The summed E-state index contributed by atoms with van der Waals surface area (Å²) in [4.78, 5) is 28.9. The zero-order valence-corrected chi connectivity index (χ0v) is 17.7. The highest BCUT2D eigenvalue weighted by Crippen LogP contribution is 2.40. The molecule has 0 spiro atoms. The first kappa shape index (κ1) is 20.9. The van der Waals surface area contributed by atoms with Gasteiger partial charge in [0.25, 0.3) is 11.8 Å². The van der Waals surface area contributed by atoms with Gasteiger partial charge in [-0.05, 0) is 42.8 Å². The lowest BCUT2D eigenvalue weighted by Crippen LogP contribution is -2.31. The van der Waals surface area contributed by atoms with Gasteiger partial charge in [-0.15, -0.1) is 0 Å². The molecule has 0 saturated carbocycles. The fourth-order valence-electron chi connectivity index (χ4n) is 3.33. The maximum atomic E-state index is 14.2. The minimum Gasteiger partial charge on any atom is -0.494 e. The normalized spacial score (nSPS) is 13.8. The van der Waals surface area contributed by atoms with Crippen LogP contribution < -0.4 is 4.74 Å². The molecular weight excluding hydrogens is 413 g/mol. The van der Waals surface area contributed by atoms with Crippen LogP contribution in [0.5, 0.6) is 5.75 Å². The number of ether oxygens (including phenoxy) is 1. The molecule has 1 heterocycles. The lowest BCUT2D eigenvalue weighted by Gasteiger charge is -2.15. The maximum absolute atomic E-state index is 14.2. The third-order valence-corrected chi connectivity index (χ3v) is 5.92. The molecule has 4 nitrogen and oxygen atoms in total. The van der Waals surface area contributed by atoms with Gasteiger partial charge in [-0.2, -0.15) is 0 Å². The Balaban J connectivity index is 1.72. The Hall–Kier alpha value is -3.38. The molecule has 0 unspecified atom stereocenters. The highest BCUT2D eigenvalue weighted by atomic mass is 32.2. The average Bonchev–Trinajstić information content (AvgIpc) is 3.01. The van der Waals surface area contributed by atoms with Crippen LogP contribution in [-0.4, -0.2) is 23.3 Å². The Morgan fingerprint density at radius 2 is 1.55 bits per heavy atom. The van der Waals surface area contributed by atoms with Crippen molar-refractivity contribution in [3.8, 4) is 5.75 Å². The van der Waals surface area contributed by atoms with E-state index in [0.717, 1.165) is 9.80 Å². The van der Waals surface area contributed by atoms with Crippen LogP contribution in [0.2, 0.25) is 0 Å². The van der Waals surface area contributed by atoms with Crippen LogP contribution >= 0.6 is 11.8 Å². The maximum Gasteiger partial charge on any atom is 0.268 e. The molecule has 0 aliphatic carbocycles. The van der Waals surface area contributed by atoms with Crippen molar-refractivity contribution in [3.63, 3.8) is 0 Å². The summed E-state index contributed by atoms with van der Waals surface area (Å²) in [7, 11) is 0. The van der Waals surface area contributed by atoms with Gasteiger partial charge < -0.3 is 4.74 Å². The molecule has 156 valence electrons. The fourth-order valence-corrected chi connectivity index (χ4v) is 4.37. The van der Waals surface area contributed by atoms with Crippen LogP contribution in [0.15, 0.2) is 88.7 Å². The molecule has 31 heavy (non-hydrogen) atoms. The number of carbonyl (C=O) groups excluding carboxylic acids is 2. The van der Waals surface area contributed by atoms with Crippen LogP contribution in [-0.2, 0) is 16.1 Å². The van der Waals surface area contributed by atoms with Gasteiger partial charge in [0.1, 0.15) is 11.6 Å². The van der Waals surface area contributed by atoms with Gasteiger partial charge >= 0.3 is 0 Å². The second-order valence-corrected chi connectivity index (χ2v) is 7.95. The number of nitrogens with zero attached hydrogens (tertiary/aromatic N) is 1. The van der Waals surface area contributed by atoms with E-state index in [9.17, 15) is 14.0 Å². The smallest absolute Gasteiger partial charge is 0.268 e. The van der Waals surface area contributed by atoms with Gasteiger partial charge in [0, 0.05) is 10.5 Å². The molecule has 3 aromatic rings. The molecule has 0 fully saturated rings. The van der Waals surface area contributed by atoms with E-state index in [1.165, 1.54) is 17.8 Å². The number of rotatable bonds is 7. The van der Waals surface area contributed by atoms with E-state index < -0.39 is 17.6 Å². The number of imide groups is 1. The van der Waals surface area contributed by atoms with E-state index in [2.05, 4.69) is 0 Å². The molecule has 0 N–H and O–H groups in total. The second-order valence-electron chi connectivity index (χ2n) is 6.86. The lowest BCUT2D eigenvalue weighted by atomic mass is 10.1. The van der Waals surface area contributed by atoms with E-state index in [0.29, 0.717) is 34.0 Å². The van der Waals surface area contributed by atoms with Crippen molar-refractivity contribution in [2.45, 2.75) is 18.4 Å². The summed E-state index contributed by atoms with van der Waals surface area (Å²) in [6.45, 7) is 2.31. The number of halogens is 1. The number of thioether (sulfide) groups is 1. The summed E-state index contributed by atoms with van der Waals surface area (Å²) in [6, 6.07) is 22.6. The lowest BCUT2D eigenvalue weighted by molar-refractivity contribution is -0.137. The minimum absolute atomic E-state index is 0.121. The first-order valence-electron chi connectivity index (χ1n) is 9.88. The van der Waals surface area contributed by atoms with Crippen molar-refractivity contribution in [3.05, 3.63) is 101 Å². The SMILES string of the molecule is CCOc1ccc(C2=C(Sc3ccccc3)C(=O)N(Cc3ccccc3F)C2=O)cc1. The zero-order chi connectivity index (χ0) is 21.8. The Morgan fingerprint density at radius 1 is 0.871 bits per heavy atom. The van der Waals surface area contributed by atoms with E-state index in [-0.39, 0.29) is 6.54 Å². The molecule has 0 aromatic heterocycles. The van der Waals surface area contributed by atoms with E-state index in [1.54, 1.807) is 42.5 Å². The van der Waals surface area contributed by atoms with Gasteiger partial charge in [-0.3, -0.25) is 14.5 Å². The Bertz CT molecular complexity index is 1140. The third kappa shape index (κ3) is 4.39. The highest BCUT2D eigenvalue weighted by Gasteiger charge is 2.39. The van der Waals surface area contributed by atoms with Gasteiger partial charge in [-0.25, -0.2) is 4.39 Å². The number of hydrogen-bond acceptors (Lipinski definition) is 4. The molecule has 4 rings (SSSR count). The number of hydrogen-bond donors (Lipinski definition) is 0. The first-order valence-corrected chi connectivity index (χ1v) is 10.7. The minimum atomic E-state index is -0.449. The Labute approximate surface area is 184 Å². The van der Waals surface area contributed by atoms with Crippen LogP contribution in [0.1, 0.15) is 18.1 Å². The monoisotopic (exact) mass is 433 g/mol. The van der Waals surface area contributed by atoms with Crippen LogP contribution in [0.3, 0.4) is 0 Å². The molecule has 3 aromatic carbocycles. The van der Waals surface area contributed by atoms with Crippen LogP contribution in [0.4, 0.5) is 4.39 Å². The van der Waals surface area contributed by atoms with Crippen molar-refractivity contribution in [1.29, 1.82) is 0 Å². The summed E-state index contributed by atoms with van der Waals surface area (Å²) in [5, 5.41) is 0. The Kier molecular flexibility index (Phi) is 6.18. The molecule has 0 atom stereocenters. The predicted octanol–water partition coefficient (Wildman–Crippen LogP) is 5.30. The van der Waals surface area contributed by atoms with E-state index in [4.69, 9.17) is 4.74 Å².